The second-order valence-corrected chi connectivity index (χ2v) is 3.12. The van der Waals surface area contributed by atoms with E-state index in [9.17, 15) is 18.0 Å². The molecule has 16 heavy (non-hydrogen) atoms. The lowest BCUT2D eigenvalue weighted by atomic mass is 9.96. The van der Waals surface area contributed by atoms with Gasteiger partial charge in [-0.15, -0.1) is 0 Å². The number of nitriles is 1. The topological polar surface area (TPSA) is 66.9 Å². The summed E-state index contributed by atoms with van der Waals surface area (Å²) < 4.78 is 37.9. The fourth-order valence-electron chi connectivity index (χ4n) is 1.38. The molecule has 0 radical (unpaired) electrons. The number of nitrogen functional groups attached to an aromatic ring is 1. The number of ketones is 1. The number of hydrogen-bond donors (Lipinski definition) is 1. The van der Waals surface area contributed by atoms with Gasteiger partial charge in [0.15, 0.2) is 5.78 Å². The lowest BCUT2D eigenvalue weighted by Gasteiger charge is -2.14. The molecule has 0 amide bonds. The van der Waals surface area contributed by atoms with Gasteiger partial charge in [0, 0.05) is 11.3 Å². The molecule has 0 bridgehead atoms. The molecule has 0 heterocycles. The van der Waals surface area contributed by atoms with Crippen LogP contribution in [0.5, 0.6) is 0 Å². The highest BCUT2D eigenvalue weighted by Crippen LogP contribution is 2.37. The fourth-order valence-corrected chi connectivity index (χ4v) is 1.38. The summed E-state index contributed by atoms with van der Waals surface area (Å²) in [7, 11) is 0. The van der Waals surface area contributed by atoms with Gasteiger partial charge < -0.3 is 5.73 Å². The third-order valence-electron chi connectivity index (χ3n) is 1.99. The summed E-state index contributed by atoms with van der Waals surface area (Å²) in [5, 5.41) is 8.64. The second kappa shape index (κ2) is 3.85. The van der Waals surface area contributed by atoms with Crippen molar-refractivity contribution < 1.29 is 18.0 Å². The predicted octanol–water partition coefficient (Wildman–Crippen LogP) is 2.36. The largest absolute Gasteiger partial charge is 0.419 e. The first-order chi connectivity index (χ1) is 7.29. The van der Waals surface area contributed by atoms with Crippen molar-refractivity contribution >= 4 is 11.5 Å². The van der Waals surface area contributed by atoms with E-state index in [-0.39, 0.29) is 5.56 Å². The lowest BCUT2D eigenvalue weighted by molar-refractivity contribution is -0.137. The van der Waals surface area contributed by atoms with Crippen molar-refractivity contribution in [3.05, 3.63) is 28.8 Å². The fraction of sp³-hybridized carbons (Fsp3) is 0.200. The molecule has 0 fully saturated rings. The van der Waals surface area contributed by atoms with Crippen molar-refractivity contribution in [3.63, 3.8) is 0 Å². The number of halogens is 3. The van der Waals surface area contributed by atoms with E-state index in [1.807, 2.05) is 0 Å². The van der Waals surface area contributed by atoms with E-state index in [2.05, 4.69) is 0 Å². The zero-order valence-corrected chi connectivity index (χ0v) is 8.22. The average Bonchev–Trinajstić information content (AvgIpc) is 2.15. The summed E-state index contributed by atoms with van der Waals surface area (Å²) in [5.41, 5.74) is 2.40. The highest BCUT2D eigenvalue weighted by Gasteiger charge is 2.38. The Bertz CT molecular complexity index is 486. The van der Waals surface area contributed by atoms with Crippen molar-refractivity contribution in [2.24, 2.45) is 0 Å². The summed E-state index contributed by atoms with van der Waals surface area (Å²) >= 11 is 0. The number of nitrogens with two attached hydrogens (primary N) is 1. The van der Waals surface area contributed by atoms with Crippen molar-refractivity contribution in [2.45, 2.75) is 13.1 Å². The number of carbonyl (C=O) groups is 1. The molecule has 0 saturated carbocycles. The van der Waals surface area contributed by atoms with Gasteiger partial charge in [-0.2, -0.15) is 18.4 Å². The third-order valence-corrected chi connectivity index (χ3v) is 1.99. The normalized spacial score (nSPS) is 10.9. The van der Waals surface area contributed by atoms with Crippen molar-refractivity contribution in [2.75, 3.05) is 5.73 Å². The lowest BCUT2D eigenvalue weighted by Crippen LogP contribution is -2.16. The number of rotatable bonds is 1. The van der Waals surface area contributed by atoms with Gasteiger partial charge in [0.05, 0.1) is 17.2 Å². The maximum Gasteiger partial charge on any atom is 0.419 e. The van der Waals surface area contributed by atoms with Gasteiger partial charge in [0.1, 0.15) is 0 Å². The van der Waals surface area contributed by atoms with Gasteiger partial charge >= 0.3 is 6.18 Å². The van der Waals surface area contributed by atoms with Crippen LogP contribution in [0.1, 0.15) is 28.4 Å². The Hall–Kier alpha value is -2.03. The molecule has 1 rings (SSSR count). The molecule has 0 saturated heterocycles. The van der Waals surface area contributed by atoms with Crippen LogP contribution >= 0.6 is 0 Å². The molecule has 0 aliphatic carbocycles. The Kier molecular flexibility index (Phi) is 2.90. The van der Waals surface area contributed by atoms with Gasteiger partial charge in [-0.1, -0.05) is 0 Å². The van der Waals surface area contributed by atoms with Crippen LogP contribution in [0.15, 0.2) is 12.1 Å². The SMILES string of the molecule is CC(=O)c1c(C#N)ccc(N)c1C(F)(F)F. The van der Waals surface area contributed by atoms with Crippen LogP contribution in [-0.4, -0.2) is 5.78 Å². The Morgan fingerprint density at radius 3 is 2.38 bits per heavy atom. The van der Waals surface area contributed by atoms with E-state index < -0.39 is 28.8 Å². The molecular formula is C10H7F3N2O. The van der Waals surface area contributed by atoms with E-state index >= 15 is 0 Å². The molecule has 6 heteroatoms. The van der Waals surface area contributed by atoms with Gasteiger partial charge in [0.25, 0.3) is 0 Å². The van der Waals surface area contributed by atoms with Crippen LogP contribution in [0.25, 0.3) is 0 Å². The highest BCUT2D eigenvalue weighted by atomic mass is 19.4. The molecule has 0 unspecified atom stereocenters. The van der Waals surface area contributed by atoms with E-state index in [0.717, 1.165) is 19.1 Å². The third kappa shape index (κ3) is 1.98. The van der Waals surface area contributed by atoms with Crippen LogP contribution in [-0.2, 0) is 6.18 Å². The van der Waals surface area contributed by atoms with Crippen LogP contribution < -0.4 is 5.73 Å². The first-order valence-electron chi connectivity index (χ1n) is 4.19. The number of benzene rings is 1. The quantitative estimate of drug-likeness (QED) is 0.592. The number of anilines is 1. The maximum atomic E-state index is 12.6. The standard InChI is InChI=1S/C10H7F3N2O/c1-5(16)8-6(4-14)2-3-7(15)9(8)10(11,12)13/h2-3H,15H2,1H3. The molecule has 0 aliphatic rings. The summed E-state index contributed by atoms with van der Waals surface area (Å²) in [4.78, 5) is 11.1. The molecule has 2 N–H and O–H groups in total. The zero-order chi connectivity index (χ0) is 12.5. The number of alkyl halides is 3. The Morgan fingerprint density at radius 1 is 1.44 bits per heavy atom. The Morgan fingerprint density at radius 2 is 2.00 bits per heavy atom. The molecule has 0 spiro atoms. The maximum absolute atomic E-state index is 12.6. The van der Waals surface area contributed by atoms with E-state index in [4.69, 9.17) is 11.0 Å². The molecule has 84 valence electrons. The van der Waals surface area contributed by atoms with Crippen LogP contribution in [0, 0.1) is 11.3 Å². The van der Waals surface area contributed by atoms with Gasteiger partial charge in [-0.3, -0.25) is 4.79 Å². The molecule has 0 aromatic heterocycles. The number of nitrogens with zero attached hydrogens (tertiary/aromatic N) is 1. The van der Waals surface area contributed by atoms with E-state index in [0.29, 0.717) is 0 Å². The zero-order valence-electron chi connectivity index (χ0n) is 8.22. The average molecular weight is 228 g/mol. The molecule has 1 aromatic carbocycles. The highest BCUT2D eigenvalue weighted by molar-refractivity contribution is 5.99. The van der Waals surface area contributed by atoms with Gasteiger partial charge in [-0.05, 0) is 19.1 Å². The van der Waals surface area contributed by atoms with Gasteiger partial charge in [0.2, 0.25) is 0 Å². The monoisotopic (exact) mass is 228 g/mol. The molecule has 0 atom stereocenters. The van der Waals surface area contributed by atoms with Crippen LogP contribution in [0.4, 0.5) is 18.9 Å². The Labute approximate surface area is 89.3 Å². The minimum Gasteiger partial charge on any atom is -0.398 e. The van der Waals surface area contributed by atoms with Crippen molar-refractivity contribution in [1.29, 1.82) is 5.26 Å². The first kappa shape index (κ1) is 12.0. The smallest absolute Gasteiger partial charge is 0.398 e. The number of hydrogen-bond acceptors (Lipinski definition) is 3. The molecule has 0 aliphatic heterocycles. The van der Waals surface area contributed by atoms with Gasteiger partial charge in [-0.25, -0.2) is 0 Å². The van der Waals surface area contributed by atoms with Crippen LogP contribution in [0.3, 0.4) is 0 Å². The molecule has 1 aromatic rings. The molecule has 3 nitrogen and oxygen atoms in total. The minimum atomic E-state index is -4.75. The second-order valence-electron chi connectivity index (χ2n) is 3.12. The Balaban J connectivity index is 3.70. The summed E-state index contributed by atoms with van der Waals surface area (Å²) in [6.45, 7) is 0.963. The minimum absolute atomic E-state index is 0.325. The summed E-state index contributed by atoms with van der Waals surface area (Å²) in [6, 6.07) is 3.60. The number of carbonyl (C=O) groups excluding carboxylic acids is 1. The predicted molar refractivity (Wildman–Crippen MR) is 50.6 cm³/mol. The summed E-state index contributed by atoms with van der Waals surface area (Å²) in [5.74, 6) is -0.837. The van der Waals surface area contributed by atoms with Crippen molar-refractivity contribution in [1.82, 2.24) is 0 Å². The first-order valence-corrected chi connectivity index (χ1v) is 4.19. The van der Waals surface area contributed by atoms with E-state index in [1.54, 1.807) is 6.07 Å². The number of Topliss-reactive ketones (excluding diaryl/α,β-unsaturated/α-hetero) is 1. The summed E-state index contributed by atoms with van der Waals surface area (Å²) in [6.07, 6.45) is -4.75. The van der Waals surface area contributed by atoms with Crippen molar-refractivity contribution in [3.8, 4) is 6.07 Å². The molecular weight excluding hydrogens is 221 g/mol. The van der Waals surface area contributed by atoms with Crippen LogP contribution in [0.2, 0.25) is 0 Å². The van der Waals surface area contributed by atoms with E-state index in [1.165, 1.54) is 0 Å².